The highest BCUT2D eigenvalue weighted by molar-refractivity contribution is 4.98. The van der Waals surface area contributed by atoms with Crippen molar-refractivity contribution in [1.29, 1.82) is 0 Å². The number of hydrogen-bond acceptors (Lipinski definition) is 2. The summed E-state index contributed by atoms with van der Waals surface area (Å²) in [5, 5.41) is 10.1. The summed E-state index contributed by atoms with van der Waals surface area (Å²) in [5.74, 6) is 2.98. The third-order valence-electron chi connectivity index (χ3n) is 2.66. The quantitative estimate of drug-likeness (QED) is 0.657. The predicted molar refractivity (Wildman–Crippen MR) is 52.2 cm³/mol. The summed E-state index contributed by atoms with van der Waals surface area (Å²) in [5.41, 5.74) is -0.679. The lowest BCUT2D eigenvalue weighted by atomic mass is 9.84. The molecule has 1 aliphatic heterocycles. The lowest BCUT2D eigenvalue weighted by Crippen LogP contribution is -2.42. The van der Waals surface area contributed by atoms with E-state index in [0.29, 0.717) is 31.8 Å². The van der Waals surface area contributed by atoms with Gasteiger partial charge in [-0.05, 0) is 5.92 Å². The normalized spacial score (nSPS) is 34.5. The van der Waals surface area contributed by atoms with Gasteiger partial charge in [0.05, 0.1) is 11.7 Å². The van der Waals surface area contributed by atoms with Crippen LogP contribution in [-0.4, -0.2) is 23.4 Å². The molecule has 1 heterocycles. The zero-order valence-electron chi connectivity index (χ0n) is 8.42. The first-order valence-electron chi connectivity index (χ1n) is 4.85. The molecule has 1 aliphatic rings. The Balaban J connectivity index is 2.55. The molecule has 0 amide bonds. The van der Waals surface area contributed by atoms with Gasteiger partial charge in [-0.3, -0.25) is 0 Å². The summed E-state index contributed by atoms with van der Waals surface area (Å²) >= 11 is 0. The Bertz CT molecular complexity index is 205. The van der Waals surface area contributed by atoms with Crippen molar-refractivity contribution < 1.29 is 9.84 Å². The summed E-state index contributed by atoms with van der Waals surface area (Å²) < 4.78 is 5.55. The van der Waals surface area contributed by atoms with Gasteiger partial charge < -0.3 is 9.84 Å². The summed E-state index contributed by atoms with van der Waals surface area (Å²) in [7, 11) is 0. The Kier molecular flexibility index (Phi) is 3.35. The van der Waals surface area contributed by atoms with Gasteiger partial charge in [-0.15, -0.1) is 12.3 Å². The van der Waals surface area contributed by atoms with Crippen molar-refractivity contribution >= 4 is 0 Å². The molecule has 0 aromatic heterocycles. The molecule has 1 fully saturated rings. The number of aliphatic hydroxyl groups is 1. The van der Waals surface area contributed by atoms with Crippen LogP contribution >= 0.6 is 0 Å². The van der Waals surface area contributed by atoms with Crippen molar-refractivity contribution in [3.8, 4) is 12.3 Å². The molecule has 2 nitrogen and oxygen atoms in total. The number of ether oxygens (including phenoxy) is 1. The Labute approximate surface area is 80.3 Å². The van der Waals surface area contributed by atoms with Crippen LogP contribution in [0.4, 0.5) is 0 Å². The molecule has 0 bridgehead atoms. The molecular formula is C11H18O2. The second kappa shape index (κ2) is 4.13. The van der Waals surface area contributed by atoms with Crippen LogP contribution in [0.25, 0.3) is 0 Å². The Morgan fingerprint density at radius 1 is 1.69 bits per heavy atom. The van der Waals surface area contributed by atoms with Crippen LogP contribution in [-0.2, 0) is 4.74 Å². The van der Waals surface area contributed by atoms with Gasteiger partial charge in [0.25, 0.3) is 0 Å². The highest BCUT2D eigenvalue weighted by Crippen LogP contribution is 2.30. The third-order valence-corrected chi connectivity index (χ3v) is 2.66. The van der Waals surface area contributed by atoms with E-state index in [2.05, 4.69) is 19.8 Å². The molecule has 74 valence electrons. The zero-order valence-corrected chi connectivity index (χ0v) is 8.42. The molecule has 2 atom stereocenters. The van der Waals surface area contributed by atoms with Crippen molar-refractivity contribution in [3.63, 3.8) is 0 Å². The van der Waals surface area contributed by atoms with Crippen LogP contribution in [0.3, 0.4) is 0 Å². The Morgan fingerprint density at radius 3 is 2.92 bits per heavy atom. The molecule has 1 N–H and O–H groups in total. The van der Waals surface area contributed by atoms with Crippen LogP contribution in [0, 0.1) is 18.3 Å². The van der Waals surface area contributed by atoms with Crippen LogP contribution < -0.4 is 0 Å². The van der Waals surface area contributed by atoms with Crippen LogP contribution in [0.15, 0.2) is 0 Å². The lowest BCUT2D eigenvalue weighted by Gasteiger charge is -2.37. The highest BCUT2D eigenvalue weighted by atomic mass is 16.5. The van der Waals surface area contributed by atoms with Gasteiger partial charge in [-0.25, -0.2) is 0 Å². The van der Waals surface area contributed by atoms with Crippen LogP contribution in [0.1, 0.15) is 33.1 Å². The van der Waals surface area contributed by atoms with E-state index in [1.54, 1.807) is 0 Å². The molecule has 0 saturated carbocycles. The summed E-state index contributed by atoms with van der Waals surface area (Å²) in [6.07, 6.45) is 7.16. The third kappa shape index (κ3) is 2.72. The number of rotatable bonds is 2. The van der Waals surface area contributed by atoms with E-state index >= 15 is 0 Å². The average Bonchev–Trinajstić information content (AvgIpc) is 2.04. The molecule has 2 unspecified atom stereocenters. The first kappa shape index (κ1) is 10.6. The SMILES string of the molecule is C#CCC1(O)CCOC(C(C)C)C1. The number of terminal acetylenes is 1. The van der Waals surface area contributed by atoms with E-state index in [-0.39, 0.29) is 6.10 Å². The lowest BCUT2D eigenvalue weighted by molar-refractivity contribution is -0.114. The standard InChI is InChI=1S/C11H18O2/c1-4-5-11(12)6-7-13-10(8-11)9(2)3/h1,9-10,12H,5-8H2,2-3H3. The fourth-order valence-corrected chi connectivity index (χ4v) is 1.71. The summed E-state index contributed by atoms with van der Waals surface area (Å²) in [6.45, 7) is 4.83. The molecule has 13 heavy (non-hydrogen) atoms. The first-order valence-corrected chi connectivity index (χ1v) is 4.85. The molecule has 0 aliphatic carbocycles. The van der Waals surface area contributed by atoms with E-state index < -0.39 is 5.60 Å². The van der Waals surface area contributed by atoms with Crippen LogP contribution in [0.5, 0.6) is 0 Å². The maximum Gasteiger partial charge on any atom is 0.0803 e. The van der Waals surface area contributed by atoms with Gasteiger partial charge in [-0.2, -0.15) is 0 Å². The summed E-state index contributed by atoms with van der Waals surface area (Å²) in [6, 6.07) is 0. The largest absolute Gasteiger partial charge is 0.389 e. The van der Waals surface area contributed by atoms with E-state index in [0.717, 1.165) is 0 Å². The molecule has 0 spiro atoms. The van der Waals surface area contributed by atoms with Crippen molar-refractivity contribution in [2.24, 2.45) is 5.92 Å². The fraction of sp³-hybridized carbons (Fsp3) is 0.818. The molecule has 1 rings (SSSR count). The van der Waals surface area contributed by atoms with Gasteiger partial charge in [-0.1, -0.05) is 13.8 Å². The van der Waals surface area contributed by atoms with Gasteiger partial charge in [0, 0.05) is 25.9 Å². The second-order valence-corrected chi connectivity index (χ2v) is 4.21. The van der Waals surface area contributed by atoms with Gasteiger partial charge in [0.15, 0.2) is 0 Å². The predicted octanol–water partition coefficient (Wildman–Crippen LogP) is 1.58. The van der Waals surface area contributed by atoms with Crippen LogP contribution in [0.2, 0.25) is 0 Å². The molecule has 0 aromatic carbocycles. The van der Waals surface area contributed by atoms with E-state index in [1.807, 2.05) is 0 Å². The van der Waals surface area contributed by atoms with Gasteiger partial charge in [0.1, 0.15) is 0 Å². The molecule has 0 radical (unpaired) electrons. The van der Waals surface area contributed by atoms with E-state index in [1.165, 1.54) is 0 Å². The smallest absolute Gasteiger partial charge is 0.0803 e. The molecule has 1 saturated heterocycles. The highest BCUT2D eigenvalue weighted by Gasteiger charge is 2.35. The fourth-order valence-electron chi connectivity index (χ4n) is 1.71. The maximum absolute atomic E-state index is 10.1. The molecular weight excluding hydrogens is 164 g/mol. The van der Waals surface area contributed by atoms with Crippen molar-refractivity contribution in [3.05, 3.63) is 0 Å². The maximum atomic E-state index is 10.1. The topological polar surface area (TPSA) is 29.5 Å². The minimum atomic E-state index is -0.679. The van der Waals surface area contributed by atoms with Crippen molar-refractivity contribution in [2.75, 3.05) is 6.61 Å². The zero-order chi connectivity index (χ0) is 9.90. The second-order valence-electron chi connectivity index (χ2n) is 4.21. The monoisotopic (exact) mass is 182 g/mol. The molecule has 0 aromatic rings. The average molecular weight is 182 g/mol. The number of hydrogen-bond donors (Lipinski definition) is 1. The molecule has 2 heteroatoms. The van der Waals surface area contributed by atoms with E-state index in [9.17, 15) is 5.11 Å². The van der Waals surface area contributed by atoms with Crippen molar-refractivity contribution in [2.45, 2.75) is 44.8 Å². The minimum Gasteiger partial charge on any atom is -0.389 e. The van der Waals surface area contributed by atoms with Gasteiger partial charge >= 0.3 is 0 Å². The Morgan fingerprint density at radius 2 is 2.38 bits per heavy atom. The minimum absolute atomic E-state index is 0.159. The first-order chi connectivity index (χ1) is 6.07. The van der Waals surface area contributed by atoms with Crippen molar-refractivity contribution in [1.82, 2.24) is 0 Å². The van der Waals surface area contributed by atoms with Gasteiger partial charge in [0.2, 0.25) is 0 Å². The van der Waals surface area contributed by atoms with E-state index in [4.69, 9.17) is 11.2 Å². The summed E-state index contributed by atoms with van der Waals surface area (Å²) in [4.78, 5) is 0. The Hall–Kier alpha value is -0.520.